The number of piperidine rings is 1. The molecule has 1 spiro atoms. The highest BCUT2D eigenvalue weighted by atomic mass is 32.1. The first-order valence-corrected chi connectivity index (χ1v) is 11.8. The summed E-state index contributed by atoms with van der Waals surface area (Å²) in [7, 11) is 0. The van der Waals surface area contributed by atoms with Gasteiger partial charge in [-0.15, -0.1) is 0 Å². The third-order valence-electron chi connectivity index (χ3n) is 6.25. The van der Waals surface area contributed by atoms with Crippen molar-refractivity contribution < 1.29 is 18.7 Å². The number of halogens is 1. The van der Waals surface area contributed by atoms with Crippen LogP contribution in [0.2, 0.25) is 0 Å². The molecule has 2 unspecified atom stereocenters. The predicted molar refractivity (Wildman–Crippen MR) is 122 cm³/mol. The molecule has 2 fully saturated rings. The number of aromatic nitrogens is 1. The van der Waals surface area contributed by atoms with Gasteiger partial charge in [0, 0.05) is 19.7 Å². The molecule has 8 heteroatoms. The molecule has 6 nitrogen and oxygen atoms in total. The summed E-state index contributed by atoms with van der Waals surface area (Å²) < 4.78 is 26.7. The van der Waals surface area contributed by atoms with E-state index in [1.54, 1.807) is 6.07 Å². The van der Waals surface area contributed by atoms with Crippen molar-refractivity contribution in [1.82, 2.24) is 9.88 Å². The number of amides is 1. The zero-order chi connectivity index (χ0) is 22.0. The number of hydrogen-bond acceptors (Lipinski definition) is 6. The van der Waals surface area contributed by atoms with E-state index in [-0.39, 0.29) is 30.0 Å². The number of anilines is 1. The highest BCUT2D eigenvalue weighted by molar-refractivity contribution is 7.22. The number of hydrogen-bond donors (Lipinski definition) is 1. The van der Waals surface area contributed by atoms with Crippen molar-refractivity contribution in [2.75, 3.05) is 31.6 Å². The molecule has 5 rings (SSSR count). The second-order valence-corrected chi connectivity index (χ2v) is 9.50. The van der Waals surface area contributed by atoms with Gasteiger partial charge in [-0.05, 0) is 43.0 Å². The van der Waals surface area contributed by atoms with Crippen molar-refractivity contribution in [3.05, 3.63) is 59.9 Å². The summed E-state index contributed by atoms with van der Waals surface area (Å²) in [5, 5.41) is 3.35. The van der Waals surface area contributed by atoms with Gasteiger partial charge in [0.15, 0.2) is 5.13 Å². The van der Waals surface area contributed by atoms with Gasteiger partial charge in [-0.3, -0.25) is 9.69 Å². The molecule has 1 N–H and O–H groups in total. The molecule has 1 aromatic heterocycles. The number of fused-ring (bicyclic) bond motifs is 1. The lowest BCUT2D eigenvalue weighted by molar-refractivity contribution is -0.159. The summed E-state index contributed by atoms with van der Waals surface area (Å²) >= 11 is 1.28. The Morgan fingerprint density at radius 1 is 1.28 bits per heavy atom. The van der Waals surface area contributed by atoms with Crippen LogP contribution >= 0.6 is 11.3 Å². The normalized spacial score (nSPS) is 23.7. The molecule has 0 radical (unpaired) electrons. The highest BCUT2D eigenvalue weighted by Crippen LogP contribution is 2.38. The van der Waals surface area contributed by atoms with Crippen molar-refractivity contribution in [2.45, 2.75) is 37.6 Å². The lowest BCUT2D eigenvalue weighted by atomic mass is 9.85. The second kappa shape index (κ2) is 9.23. The van der Waals surface area contributed by atoms with Crippen LogP contribution in [0.5, 0.6) is 0 Å². The van der Waals surface area contributed by atoms with Crippen LogP contribution in [0.1, 0.15) is 24.8 Å². The van der Waals surface area contributed by atoms with Gasteiger partial charge in [0.2, 0.25) is 5.91 Å². The molecular weight excluding hydrogens is 429 g/mol. The van der Waals surface area contributed by atoms with Crippen molar-refractivity contribution in [3.63, 3.8) is 0 Å². The number of carbonyl (C=O) groups is 1. The minimum atomic E-state index is -0.308. The van der Waals surface area contributed by atoms with Crippen LogP contribution in [0.4, 0.5) is 9.52 Å². The SMILES string of the molecule is O=C(CN1CCC2(CCCO2)C(OCc2ccccc2)C1)Nc1nc2ccc(F)cc2s1. The zero-order valence-corrected chi connectivity index (χ0v) is 18.6. The van der Waals surface area contributed by atoms with Gasteiger partial charge in [0.25, 0.3) is 0 Å². The van der Waals surface area contributed by atoms with Gasteiger partial charge in [0.05, 0.1) is 35.1 Å². The highest BCUT2D eigenvalue weighted by Gasteiger charge is 2.47. The molecule has 0 saturated carbocycles. The van der Waals surface area contributed by atoms with E-state index >= 15 is 0 Å². The molecule has 3 heterocycles. The smallest absolute Gasteiger partial charge is 0.240 e. The number of ether oxygens (including phenoxy) is 2. The maximum Gasteiger partial charge on any atom is 0.240 e. The van der Waals surface area contributed by atoms with Crippen LogP contribution in [0, 0.1) is 5.82 Å². The number of rotatable bonds is 6. The standard InChI is InChI=1S/C24H26FN3O3S/c25-18-7-8-19-20(13-18)32-23(26-19)27-22(29)15-28-11-10-24(9-4-12-31-24)21(14-28)30-16-17-5-2-1-3-6-17/h1-3,5-8,13,21H,4,9-12,14-16H2,(H,26,27,29). The van der Waals surface area contributed by atoms with E-state index in [0.717, 1.165) is 38.0 Å². The Hall–Kier alpha value is -2.39. The molecule has 168 valence electrons. The topological polar surface area (TPSA) is 63.7 Å². The van der Waals surface area contributed by atoms with Gasteiger partial charge in [-0.25, -0.2) is 9.37 Å². The van der Waals surface area contributed by atoms with Crippen LogP contribution in [-0.4, -0.2) is 53.7 Å². The molecule has 2 aromatic carbocycles. The van der Waals surface area contributed by atoms with Crippen LogP contribution in [-0.2, 0) is 20.9 Å². The van der Waals surface area contributed by atoms with Crippen LogP contribution in [0.25, 0.3) is 10.2 Å². The van der Waals surface area contributed by atoms with Crippen LogP contribution < -0.4 is 5.32 Å². The van der Waals surface area contributed by atoms with Gasteiger partial charge >= 0.3 is 0 Å². The first-order valence-electron chi connectivity index (χ1n) is 11.0. The van der Waals surface area contributed by atoms with Gasteiger partial charge < -0.3 is 14.8 Å². The van der Waals surface area contributed by atoms with E-state index < -0.39 is 0 Å². The van der Waals surface area contributed by atoms with E-state index in [0.29, 0.717) is 28.5 Å². The number of carbonyl (C=O) groups excluding carboxylic acids is 1. The molecule has 1 amide bonds. The van der Waals surface area contributed by atoms with E-state index in [2.05, 4.69) is 27.3 Å². The fraction of sp³-hybridized carbons (Fsp3) is 0.417. The molecule has 3 aromatic rings. The first-order chi connectivity index (χ1) is 15.6. The molecular formula is C24H26FN3O3S. The molecule has 2 atom stereocenters. The predicted octanol–water partition coefficient (Wildman–Crippen LogP) is 4.21. The van der Waals surface area contributed by atoms with Crippen molar-refractivity contribution in [2.24, 2.45) is 0 Å². The number of nitrogens with one attached hydrogen (secondary N) is 1. The Morgan fingerprint density at radius 2 is 2.16 bits per heavy atom. The number of likely N-dealkylation sites (tertiary alicyclic amines) is 1. The number of benzene rings is 2. The monoisotopic (exact) mass is 455 g/mol. The maximum absolute atomic E-state index is 13.4. The average Bonchev–Trinajstić information content (AvgIpc) is 3.41. The van der Waals surface area contributed by atoms with Crippen molar-refractivity contribution >= 4 is 32.6 Å². The average molecular weight is 456 g/mol. The van der Waals surface area contributed by atoms with Gasteiger partial charge in [-0.2, -0.15) is 0 Å². The summed E-state index contributed by atoms with van der Waals surface area (Å²) in [6.07, 6.45) is 2.80. The molecule has 2 aliphatic heterocycles. The van der Waals surface area contributed by atoms with Crippen molar-refractivity contribution in [3.8, 4) is 0 Å². The fourth-order valence-corrected chi connectivity index (χ4v) is 5.51. The maximum atomic E-state index is 13.4. The third-order valence-corrected chi connectivity index (χ3v) is 7.19. The van der Waals surface area contributed by atoms with Gasteiger partial charge in [-0.1, -0.05) is 41.7 Å². The third kappa shape index (κ3) is 4.68. The second-order valence-electron chi connectivity index (χ2n) is 8.47. The fourth-order valence-electron chi connectivity index (χ4n) is 4.60. The van der Waals surface area contributed by atoms with Crippen molar-refractivity contribution in [1.29, 1.82) is 0 Å². The summed E-state index contributed by atoms with van der Waals surface area (Å²) in [4.78, 5) is 19.2. The summed E-state index contributed by atoms with van der Waals surface area (Å²) in [6.45, 7) is 2.98. The molecule has 32 heavy (non-hydrogen) atoms. The Bertz CT molecular complexity index is 1080. The van der Waals surface area contributed by atoms with E-state index in [1.165, 1.54) is 23.5 Å². The van der Waals surface area contributed by atoms with E-state index in [4.69, 9.17) is 9.47 Å². The summed E-state index contributed by atoms with van der Waals surface area (Å²) in [5.74, 6) is -0.438. The molecule has 0 bridgehead atoms. The zero-order valence-electron chi connectivity index (χ0n) is 17.8. The molecule has 0 aliphatic carbocycles. The lowest BCUT2D eigenvalue weighted by Crippen LogP contribution is -2.57. The first kappa shape index (κ1) is 21.5. The van der Waals surface area contributed by atoms with E-state index in [9.17, 15) is 9.18 Å². The van der Waals surface area contributed by atoms with E-state index in [1.807, 2.05) is 18.2 Å². The number of thiazole rings is 1. The molecule has 2 aliphatic rings. The minimum Gasteiger partial charge on any atom is -0.372 e. The summed E-state index contributed by atoms with van der Waals surface area (Å²) in [6, 6.07) is 14.6. The largest absolute Gasteiger partial charge is 0.372 e. The Morgan fingerprint density at radius 3 is 2.97 bits per heavy atom. The number of nitrogens with zero attached hydrogens (tertiary/aromatic N) is 2. The lowest BCUT2D eigenvalue weighted by Gasteiger charge is -2.44. The minimum absolute atomic E-state index is 0.0859. The molecule has 2 saturated heterocycles. The Labute approximate surface area is 190 Å². The quantitative estimate of drug-likeness (QED) is 0.603. The Balaban J connectivity index is 1.22. The van der Waals surface area contributed by atoms with Crippen LogP contribution in [0.3, 0.4) is 0 Å². The van der Waals surface area contributed by atoms with Crippen LogP contribution in [0.15, 0.2) is 48.5 Å². The Kier molecular flexibility index (Phi) is 6.19. The summed E-state index contributed by atoms with van der Waals surface area (Å²) in [5.41, 5.74) is 1.56. The van der Waals surface area contributed by atoms with Gasteiger partial charge in [0.1, 0.15) is 5.82 Å².